The molecule has 10 aromatic rings. The molecule has 0 radical (unpaired) electrons. The van der Waals surface area contributed by atoms with E-state index >= 15 is 0 Å². The van der Waals surface area contributed by atoms with Gasteiger partial charge in [0, 0.05) is 39.3 Å². The molecule has 0 saturated heterocycles. The lowest BCUT2D eigenvalue weighted by molar-refractivity contribution is -0.611. The highest BCUT2D eigenvalue weighted by Crippen LogP contribution is 2.45. The van der Waals surface area contributed by atoms with Gasteiger partial charge in [-0.3, -0.25) is 13.7 Å². The third kappa shape index (κ3) is 10.5. The van der Waals surface area contributed by atoms with Gasteiger partial charge < -0.3 is 4.74 Å². The van der Waals surface area contributed by atoms with Crippen molar-refractivity contribution in [1.29, 1.82) is 0 Å². The van der Waals surface area contributed by atoms with Crippen molar-refractivity contribution < 1.29 is 9.30 Å². The smallest absolute Gasteiger partial charge is 0.269 e. The Balaban J connectivity index is 1.25. The van der Waals surface area contributed by atoms with Gasteiger partial charge in [0.15, 0.2) is 0 Å². The molecule has 0 amide bonds. The van der Waals surface area contributed by atoms with Crippen molar-refractivity contribution in [3.63, 3.8) is 0 Å². The normalized spacial score (nSPS) is 13.1. The molecule has 3 aromatic heterocycles. The van der Waals surface area contributed by atoms with E-state index in [9.17, 15) is 0 Å². The van der Waals surface area contributed by atoms with Crippen LogP contribution in [-0.4, -0.2) is 14.1 Å². The van der Waals surface area contributed by atoms with Crippen LogP contribution < -0.4 is 9.30 Å². The van der Waals surface area contributed by atoms with Crippen molar-refractivity contribution in [2.45, 2.75) is 163 Å². The number of benzene rings is 7. The van der Waals surface area contributed by atoms with Gasteiger partial charge in [0.25, 0.3) is 6.33 Å². The Hall–Kier alpha value is -7.50. The Morgan fingerprint density at radius 2 is 0.912 bits per heavy atom. The Labute approximate surface area is 478 Å². The second-order valence-electron chi connectivity index (χ2n) is 28.2. The molecule has 0 aliphatic heterocycles. The van der Waals surface area contributed by atoms with Crippen LogP contribution in [0, 0.1) is 6.33 Å². The zero-order valence-corrected chi connectivity index (χ0v) is 51.0. The highest BCUT2D eigenvalue weighted by Gasteiger charge is 2.41. The standard InChI is InChI=1S/C75H84N4O/c1-69(2,3)53-34-37-64-63(45-53)62-36-35-60(48-65(62)79(64)66-46-54(38-39-76-66)70(4,5)6)80-61-44-56(72(10,11)12)42-59(47-61)78-49-77(58-41-55(71(7,8)9)40-57(43-58)73(13,14)50-28-22-19-23-29-50)67(74(15,16)51-30-24-20-25-31-51)68(78)75(17,18)52-32-26-21-27-33-52/h19-48H,1-18H3. The molecule has 10 rings (SSSR count). The molecule has 0 unspecified atom stereocenters. The minimum Gasteiger partial charge on any atom is -0.458 e. The summed E-state index contributed by atoms with van der Waals surface area (Å²) in [6.45, 7) is 41.7. The molecule has 0 atom stereocenters. The Morgan fingerprint density at radius 1 is 0.388 bits per heavy atom. The molecule has 0 N–H and O–H groups in total. The fraction of sp³-hybridized carbons (Fsp3) is 0.333. The minimum atomic E-state index is -0.527. The van der Waals surface area contributed by atoms with Gasteiger partial charge in [-0.2, -0.15) is 0 Å². The number of aromatic nitrogens is 4. The predicted molar refractivity (Wildman–Crippen MR) is 335 cm³/mol. The second-order valence-corrected chi connectivity index (χ2v) is 28.2. The molecule has 0 bridgehead atoms. The van der Waals surface area contributed by atoms with Gasteiger partial charge >= 0.3 is 0 Å². The van der Waals surface area contributed by atoms with Crippen LogP contribution in [0.3, 0.4) is 0 Å². The molecule has 5 heteroatoms. The Kier molecular flexibility index (Phi) is 13.9. The summed E-state index contributed by atoms with van der Waals surface area (Å²) in [5.74, 6) is 2.38. The molecular weight excluding hydrogens is 973 g/mol. The monoisotopic (exact) mass is 1060 g/mol. The van der Waals surface area contributed by atoms with Crippen molar-refractivity contribution in [2.24, 2.45) is 0 Å². The molecule has 0 aliphatic rings. The van der Waals surface area contributed by atoms with Crippen molar-refractivity contribution >= 4 is 21.8 Å². The summed E-state index contributed by atoms with van der Waals surface area (Å²) in [4.78, 5) is 5.04. The maximum absolute atomic E-state index is 7.28. The average Bonchev–Trinajstić information content (AvgIpc) is 4.06. The number of ether oxygens (including phenoxy) is 1. The van der Waals surface area contributed by atoms with Crippen molar-refractivity contribution in [2.75, 3.05) is 0 Å². The number of imidazole rings is 1. The van der Waals surface area contributed by atoms with E-state index in [1.54, 1.807) is 0 Å². The number of rotatable bonds is 11. The van der Waals surface area contributed by atoms with Crippen molar-refractivity contribution in [3.8, 4) is 28.7 Å². The molecule has 80 heavy (non-hydrogen) atoms. The fourth-order valence-corrected chi connectivity index (χ4v) is 11.6. The van der Waals surface area contributed by atoms with E-state index in [4.69, 9.17) is 9.72 Å². The van der Waals surface area contributed by atoms with Crippen LogP contribution in [0.1, 0.15) is 181 Å². The van der Waals surface area contributed by atoms with Crippen molar-refractivity contribution in [1.82, 2.24) is 14.1 Å². The zero-order chi connectivity index (χ0) is 57.5. The number of nitrogens with zero attached hydrogens (tertiary/aromatic N) is 4. The lowest BCUT2D eigenvalue weighted by Gasteiger charge is -2.35. The van der Waals surface area contributed by atoms with Crippen LogP contribution >= 0.6 is 0 Å². The van der Waals surface area contributed by atoms with Gasteiger partial charge in [-0.1, -0.05) is 228 Å². The van der Waals surface area contributed by atoms with Crippen LogP contribution in [0.25, 0.3) is 39.0 Å². The molecule has 3 heterocycles. The first-order chi connectivity index (χ1) is 37.4. The van der Waals surface area contributed by atoms with Crippen LogP contribution in [0.15, 0.2) is 182 Å². The van der Waals surface area contributed by atoms with E-state index in [0.29, 0.717) is 0 Å². The molecule has 0 spiro atoms. The fourth-order valence-electron chi connectivity index (χ4n) is 11.6. The first kappa shape index (κ1) is 55.8. The molecular formula is C75H84N4O. The summed E-state index contributed by atoms with van der Waals surface area (Å²) >= 11 is 0. The van der Waals surface area contributed by atoms with Crippen molar-refractivity contribution in [3.05, 3.63) is 244 Å². The highest BCUT2D eigenvalue weighted by molar-refractivity contribution is 6.09. The Bertz CT molecular complexity index is 3900. The Morgan fingerprint density at radius 3 is 1.49 bits per heavy atom. The van der Waals surface area contributed by atoms with Gasteiger partial charge in [0.05, 0.1) is 33.8 Å². The lowest BCUT2D eigenvalue weighted by Crippen LogP contribution is -2.43. The SMILES string of the molecule is CC(C)(C)c1cc(Oc2ccc3c4cc(C(C)(C)C)ccc4n(-c4cc(C(C)(C)C)ccn4)c3c2)cc(-n2[c-][n+](-c3cc(C(C)(C)C)cc(C(C)(C)c4ccccc4)c3)c(C(C)(C)c3ccccc3)c2C(C)(C)c2ccccc2)c1. The maximum Gasteiger partial charge on any atom is 0.269 e. The highest BCUT2D eigenvalue weighted by atomic mass is 16.5. The van der Waals surface area contributed by atoms with Gasteiger partial charge in [-0.05, 0) is 133 Å². The molecule has 5 nitrogen and oxygen atoms in total. The quantitative estimate of drug-likeness (QED) is 0.0956. The van der Waals surface area contributed by atoms with Crippen LogP contribution in [0.2, 0.25) is 0 Å². The number of pyridine rings is 1. The second kappa shape index (κ2) is 19.9. The van der Waals surface area contributed by atoms with Crippen LogP contribution in [-0.2, 0) is 37.9 Å². The predicted octanol–water partition coefficient (Wildman–Crippen LogP) is 19.0. The largest absolute Gasteiger partial charge is 0.458 e. The van der Waals surface area contributed by atoms with Gasteiger partial charge in [0.1, 0.15) is 17.3 Å². The summed E-state index contributed by atoms with van der Waals surface area (Å²) in [5.41, 5.74) is 14.6. The van der Waals surface area contributed by atoms with E-state index in [0.717, 1.165) is 62.1 Å². The van der Waals surface area contributed by atoms with E-state index < -0.39 is 10.8 Å². The third-order valence-corrected chi connectivity index (χ3v) is 17.0. The summed E-state index contributed by atoms with van der Waals surface area (Å²) in [6, 6.07) is 64.9. The van der Waals surface area contributed by atoms with Crippen LogP contribution in [0.5, 0.6) is 11.5 Å². The number of hydrogen-bond donors (Lipinski definition) is 0. The summed E-state index contributed by atoms with van der Waals surface area (Å²) in [6.07, 6.45) is 6.11. The molecule has 0 saturated carbocycles. The number of hydrogen-bond acceptors (Lipinski definition) is 2. The summed E-state index contributed by atoms with van der Waals surface area (Å²) in [7, 11) is 0. The first-order valence-electron chi connectivity index (χ1n) is 28.8. The molecule has 0 fully saturated rings. The maximum atomic E-state index is 7.28. The van der Waals surface area contributed by atoms with Gasteiger partial charge in [-0.25, -0.2) is 4.98 Å². The van der Waals surface area contributed by atoms with E-state index in [1.165, 1.54) is 44.3 Å². The third-order valence-electron chi connectivity index (χ3n) is 17.0. The topological polar surface area (TPSA) is 35.9 Å². The van der Waals surface area contributed by atoms with E-state index in [-0.39, 0.29) is 27.1 Å². The number of fused-ring (bicyclic) bond motifs is 3. The first-order valence-corrected chi connectivity index (χ1v) is 28.8. The van der Waals surface area contributed by atoms with E-state index in [1.807, 2.05) is 6.20 Å². The molecule has 0 aliphatic carbocycles. The lowest BCUT2D eigenvalue weighted by atomic mass is 9.72. The minimum absolute atomic E-state index is 0.0187. The van der Waals surface area contributed by atoms with E-state index in [2.05, 4.69) is 321 Å². The molecule has 7 aromatic carbocycles. The summed E-state index contributed by atoms with van der Waals surface area (Å²) < 4.78 is 14.4. The zero-order valence-electron chi connectivity index (χ0n) is 51.0. The van der Waals surface area contributed by atoms with Gasteiger partial charge in [-0.15, -0.1) is 0 Å². The molecule has 410 valence electrons. The van der Waals surface area contributed by atoms with Crippen LogP contribution in [0.4, 0.5) is 0 Å². The summed E-state index contributed by atoms with van der Waals surface area (Å²) in [5, 5.41) is 2.35. The average molecular weight is 1060 g/mol. The van der Waals surface area contributed by atoms with Gasteiger partial charge in [0.2, 0.25) is 0 Å².